The summed E-state index contributed by atoms with van der Waals surface area (Å²) in [4.78, 5) is 2.49. The molecule has 0 fully saturated rings. The van der Waals surface area contributed by atoms with Crippen LogP contribution in [0.4, 0.5) is 0 Å². The van der Waals surface area contributed by atoms with Crippen LogP contribution in [0.5, 0.6) is 5.75 Å². The molecular formula is C18H19NO. The molecule has 20 heavy (non-hydrogen) atoms. The summed E-state index contributed by atoms with van der Waals surface area (Å²) in [7, 11) is 4.01. The van der Waals surface area contributed by atoms with E-state index in [2.05, 4.69) is 48.3 Å². The number of methoxy groups -OCH3 is 1. The van der Waals surface area contributed by atoms with Gasteiger partial charge in [0, 0.05) is 18.2 Å². The first-order valence-corrected chi connectivity index (χ1v) is 7.28. The van der Waals surface area contributed by atoms with Gasteiger partial charge in [0.15, 0.2) is 0 Å². The van der Waals surface area contributed by atoms with E-state index in [1.54, 1.807) is 7.11 Å². The Bertz CT molecular complexity index is 677. The van der Waals surface area contributed by atoms with Crippen LogP contribution < -0.4 is 4.74 Å². The Balaban J connectivity index is 2.03. The fourth-order valence-corrected chi connectivity index (χ4v) is 3.80. The van der Waals surface area contributed by atoms with Gasteiger partial charge < -0.3 is 4.74 Å². The molecule has 0 radical (unpaired) electrons. The van der Waals surface area contributed by atoms with E-state index in [4.69, 9.17) is 4.74 Å². The van der Waals surface area contributed by atoms with Crippen molar-refractivity contribution in [1.29, 1.82) is 0 Å². The second kappa shape index (κ2) is 4.35. The second-order valence-electron chi connectivity index (χ2n) is 5.82. The Kier molecular flexibility index (Phi) is 2.61. The van der Waals surface area contributed by atoms with E-state index in [0.29, 0.717) is 6.04 Å². The lowest BCUT2D eigenvalue weighted by Crippen LogP contribution is -2.35. The minimum absolute atomic E-state index is 0.523. The fraction of sp³-hybridized carbons (Fsp3) is 0.333. The first-order valence-electron chi connectivity index (χ1n) is 7.28. The molecule has 0 N–H and O–H groups in total. The van der Waals surface area contributed by atoms with Crippen LogP contribution in [0.15, 0.2) is 36.4 Å². The maximum absolute atomic E-state index is 5.61. The van der Waals surface area contributed by atoms with E-state index in [-0.39, 0.29) is 0 Å². The van der Waals surface area contributed by atoms with Crippen LogP contribution in [-0.4, -0.2) is 25.6 Å². The van der Waals surface area contributed by atoms with Crippen molar-refractivity contribution in [3.05, 3.63) is 53.1 Å². The molecule has 0 aromatic heterocycles. The minimum atomic E-state index is 0.523. The third-order valence-electron chi connectivity index (χ3n) is 4.81. The van der Waals surface area contributed by atoms with Gasteiger partial charge >= 0.3 is 0 Å². The lowest BCUT2D eigenvalue weighted by atomic mass is 9.77. The Labute approximate surface area is 120 Å². The molecule has 1 aliphatic carbocycles. The molecule has 0 saturated heterocycles. The molecule has 0 saturated carbocycles. The van der Waals surface area contributed by atoms with E-state index in [1.165, 1.54) is 27.8 Å². The number of hydrogen-bond acceptors (Lipinski definition) is 2. The molecule has 1 atom stereocenters. The standard InChI is InChI=1S/C18H19NO/c1-19-10-9-12-5-3-7-14-17(12)15(19)11-13-6-4-8-16(20-2)18(13)14/h3-8,15H,9-11H2,1-2H3/t15-/m0/s1. The third kappa shape index (κ3) is 1.55. The predicted octanol–water partition coefficient (Wildman–Crippen LogP) is 3.45. The molecule has 102 valence electrons. The van der Waals surface area contributed by atoms with Crippen molar-refractivity contribution in [2.24, 2.45) is 0 Å². The molecule has 2 aromatic rings. The van der Waals surface area contributed by atoms with Crippen molar-refractivity contribution >= 4 is 0 Å². The summed E-state index contributed by atoms with van der Waals surface area (Å²) in [6.07, 6.45) is 2.24. The fourth-order valence-electron chi connectivity index (χ4n) is 3.80. The van der Waals surface area contributed by atoms with Crippen LogP contribution >= 0.6 is 0 Å². The van der Waals surface area contributed by atoms with Crippen molar-refractivity contribution in [2.45, 2.75) is 18.9 Å². The Morgan fingerprint density at radius 3 is 2.75 bits per heavy atom. The number of nitrogens with zero attached hydrogens (tertiary/aromatic N) is 1. The van der Waals surface area contributed by atoms with Crippen LogP contribution in [0, 0.1) is 0 Å². The van der Waals surface area contributed by atoms with Crippen molar-refractivity contribution < 1.29 is 4.74 Å². The minimum Gasteiger partial charge on any atom is -0.496 e. The quantitative estimate of drug-likeness (QED) is 0.783. The lowest BCUT2D eigenvalue weighted by molar-refractivity contribution is 0.228. The summed E-state index contributed by atoms with van der Waals surface area (Å²) < 4.78 is 5.61. The topological polar surface area (TPSA) is 12.5 Å². The maximum Gasteiger partial charge on any atom is 0.126 e. The van der Waals surface area contributed by atoms with Crippen molar-refractivity contribution in [1.82, 2.24) is 4.90 Å². The molecule has 0 unspecified atom stereocenters. The number of rotatable bonds is 1. The first-order chi connectivity index (χ1) is 9.79. The highest BCUT2D eigenvalue weighted by atomic mass is 16.5. The maximum atomic E-state index is 5.61. The molecule has 1 aliphatic heterocycles. The Morgan fingerprint density at radius 1 is 1.10 bits per heavy atom. The second-order valence-corrected chi connectivity index (χ2v) is 5.82. The van der Waals surface area contributed by atoms with E-state index in [9.17, 15) is 0 Å². The highest BCUT2D eigenvalue weighted by Crippen LogP contribution is 2.47. The first kappa shape index (κ1) is 12.0. The van der Waals surface area contributed by atoms with Gasteiger partial charge in [-0.2, -0.15) is 0 Å². The smallest absolute Gasteiger partial charge is 0.126 e. The highest BCUT2D eigenvalue weighted by molar-refractivity contribution is 5.80. The molecule has 2 aliphatic rings. The van der Waals surface area contributed by atoms with Crippen LogP contribution in [0.2, 0.25) is 0 Å². The average molecular weight is 265 g/mol. The van der Waals surface area contributed by atoms with Crippen LogP contribution in [0.1, 0.15) is 22.7 Å². The molecular weight excluding hydrogens is 246 g/mol. The van der Waals surface area contributed by atoms with Crippen molar-refractivity contribution in [3.8, 4) is 16.9 Å². The summed E-state index contributed by atoms with van der Waals surface area (Å²) in [5, 5.41) is 0. The van der Waals surface area contributed by atoms with Crippen LogP contribution in [0.3, 0.4) is 0 Å². The molecule has 1 heterocycles. The third-order valence-corrected chi connectivity index (χ3v) is 4.81. The molecule has 2 aromatic carbocycles. The summed E-state index contributed by atoms with van der Waals surface area (Å²) in [5.41, 5.74) is 7.13. The van der Waals surface area contributed by atoms with Crippen LogP contribution in [-0.2, 0) is 12.8 Å². The van der Waals surface area contributed by atoms with Crippen molar-refractivity contribution in [3.63, 3.8) is 0 Å². The Morgan fingerprint density at radius 2 is 1.90 bits per heavy atom. The van der Waals surface area contributed by atoms with Gasteiger partial charge in [-0.3, -0.25) is 4.90 Å². The van der Waals surface area contributed by atoms with E-state index in [0.717, 1.165) is 25.1 Å². The molecule has 0 amide bonds. The van der Waals surface area contributed by atoms with Gasteiger partial charge in [-0.15, -0.1) is 0 Å². The monoisotopic (exact) mass is 265 g/mol. The highest BCUT2D eigenvalue weighted by Gasteiger charge is 2.33. The average Bonchev–Trinajstić information content (AvgIpc) is 2.50. The number of benzene rings is 2. The summed E-state index contributed by atoms with van der Waals surface area (Å²) in [6.45, 7) is 1.15. The zero-order chi connectivity index (χ0) is 13.7. The normalized spacial score (nSPS) is 20.2. The van der Waals surface area contributed by atoms with Gasteiger partial charge in [0.25, 0.3) is 0 Å². The zero-order valence-electron chi connectivity index (χ0n) is 12.0. The van der Waals surface area contributed by atoms with Crippen molar-refractivity contribution in [2.75, 3.05) is 20.7 Å². The number of ether oxygens (including phenoxy) is 1. The van der Waals surface area contributed by atoms with Gasteiger partial charge in [-0.1, -0.05) is 30.3 Å². The zero-order valence-corrected chi connectivity index (χ0v) is 12.0. The molecule has 2 heteroatoms. The largest absolute Gasteiger partial charge is 0.496 e. The number of hydrogen-bond donors (Lipinski definition) is 0. The number of fused-ring (bicyclic) bond motifs is 2. The summed E-state index contributed by atoms with van der Waals surface area (Å²) >= 11 is 0. The number of likely N-dealkylation sites (N-methyl/N-ethyl adjacent to an activating group) is 1. The predicted molar refractivity (Wildman–Crippen MR) is 81.2 cm³/mol. The lowest BCUT2D eigenvalue weighted by Gasteiger charge is -2.40. The van der Waals surface area contributed by atoms with Crippen LogP contribution in [0.25, 0.3) is 11.1 Å². The SMILES string of the molecule is COc1cccc2c1-c1cccc3c1[C@H](C2)N(C)CC3. The Hall–Kier alpha value is -1.80. The van der Waals surface area contributed by atoms with E-state index < -0.39 is 0 Å². The van der Waals surface area contributed by atoms with Gasteiger partial charge in [0.1, 0.15) is 5.75 Å². The van der Waals surface area contributed by atoms with Gasteiger partial charge in [0.2, 0.25) is 0 Å². The molecule has 2 nitrogen and oxygen atoms in total. The van der Waals surface area contributed by atoms with E-state index >= 15 is 0 Å². The van der Waals surface area contributed by atoms with E-state index in [1.807, 2.05) is 0 Å². The molecule has 0 bridgehead atoms. The van der Waals surface area contributed by atoms with Gasteiger partial charge in [-0.25, -0.2) is 0 Å². The summed E-state index contributed by atoms with van der Waals surface area (Å²) in [6, 6.07) is 13.7. The summed E-state index contributed by atoms with van der Waals surface area (Å²) in [5.74, 6) is 1.00. The van der Waals surface area contributed by atoms with Gasteiger partial charge in [0.05, 0.1) is 7.11 Å². The molecule has 4 rings (SSSR count). The molecule has 0 spiro atoms. The van der Waals surface area contributed by atoms with Gasteiger partial charge in [-0.05, 0) is 48.2 Å².